The van der Waals surface area contributed by atoms with Crippen molar-refractivity contribution in [1.29, 1.82) is 10.5 Å². The molecule has 3 aromatic heterocycles. The van der Waals surface area contributed by atoms with E-state index in [4.69, 9.17) is 10.3 Å². The Hall–Kier alpha value is -3.41. The van der Waals surface area contributed by atoms with E-state index in [1.165, 1.54) is 22.2 Å². The van der Waals surface area contributed by atoms with Crippen molar-refractivity contribution >= 4 is 40.7 Å². The van der Waals surface area contributed by atoms with Crippen LogP contribution in [0, 0.1) is 22.7 Å². The van der Waals surface area contributed by atoms with Gasteiger partial charge in [-0.2, -0.15) is 10.5 Å². The molecule has 0 aliphatic carbocycles. The van der Waals surface area contributed by atoms with E-state index in [0.717, 1.165) is 16.6 Å². The first-order valence-corrected chi connectivity index (χ1v) is 9.27. The Labute approximate surface area is 162 Å². The maximum absolute atomic E-state index is 12.0. The van der Waals surface area contributed by atoms with Gasteiger partial charge in [0.05, 0.1) is 5.56 Å². The van der Waals surface area contributed by atoms with E-state index in [9.17, 15) is 15.6 Å². The minimum absolute atomic E-state index is 0.00838. The molecule has 3 rings (SSSR count). The van der Waals surface area contributed by atoms with Crippen LogP contribution in [0.5, 0.6) is 0 Å². The molecule has 0 bridgehead atoms. The number of nitrogens with zero attached hydrogens (tertiary/aromatic N) is 6. The van der Waals surface area contributed by atoms with Gasteiger partial charge in [0.2, 0.25) is 0 Å². The number of thioether (sulfide) groups is 1. The zero-order valence-corrected chi connectivity index (χ0v) is 15.5. The lowest BCUT2D eigenvalue weighted by molar-refractivity contribution is -0.739. The molecule has 0 saturated carbocycles. The molecule has 2 N–H and O–H groups in total. The molecule has 0 aliphatic rings. The molecular weight excluding hydrogens is 386 g/mol. The monoisotopic (exact) mass is 397 g/mol. The van der Waals surface area contributed by atoms with E-state index in [2.05, 4.69) is 21.3 Å². The fourth-order valence-corrected chi connectivity index (χ4v) is 3.78. The molecule has 0 fully saturated rings. The normalized spacial score (nSPS) is 11.1. The first kappa shape index (κ1) is 18.4. The second-order valence-electron chi connectivity index (χ2n) is 5.14. The van der Waals surface area contributed by atoms with E-state index < -0.39 is 5.90 Å². The Morgan fingerprint density at radius 2 is 2.22 bits per heavy atom. The summed E-state index contributed by atoms with van der Waals surface area (Å²) >= 11 is 2.40. The van der Waals surface area contributed by atoms with Crippen molar-refractivity contribution in [3.8, 4) is 22.6 Å². The zero-order chi connectivity index (χ0) is 19.4. The lowest BCUT2D eigenvalue weighted by Gasteiger charge is -2.13. The molecule has 11 heteroatoms. The van der Waals surface area contributed by atoms with Crippen molar-refractivity contribution in [2.75, 3.05) is 11.5 Å². The predicted molar refractivity (Wildman–Crippen MR) is 96.9 cm³/mol. The molecule has 0 amide bonds. The molecule has 134 valence electrons. The number of hydrogen-bond acceptors (Lipinski definition) is 10. The summed E-state index contributed by atoms with van der Waals surface area (Å²) < 4.78 is 6.22. The molecule has 0 aliphatic heterocycles. The van der Waals surface area contributed by atoms with E-state index in [0.29, 0.717) is 5.56 Å². The largest absolute Gasteiger partial charge is 0.861 e. The van der Waals surface area contributed by atoms with Crippen molar-refractivity contribution in [2.45, 2.75) is 5.03 Å². The lowest BCUT2D eigenvalue weighted by Crippen LogP contribution is -2.27. The molecule has 0 radical (unpaired) electrons. The summed E-state index contributed by atoms with van der Waals surface area (Å²) in [5.41, 5.74) is 6.68. The number of aromatic nitrogens is 3. The molecule has 3 aromatic rings. The van der Waals surface area contributed by atoms with Crippen LogP contribution in [0.1, 0.15) is 11.1 Å². The topological polar surface area (TPSA) is 152 Å². The first-order chi connectivity index (χ1) is 13.0. The van der Waals surface area contributed by atoms with Gasteiger partial charge in [0.25, 0.3) is 6.20 Å². The van der Waals surface area contributed by atoms with Crippen LogP contribution in [0.2, 0.25) is 0 Å². The summed E-state index contributed by atoms with van der Waals surface area (Å²) in [6.45, 7) is 0. The molecule has 9 nitrogen and oxygen atoms in total. The van der Waals surface area contributed by atoms with Gasteiger partial charge in [-0.05, 0) is 17.3 Å². The van der Waals surface area contributed by atoms with Crippen LogP contribution in [0.15, 0.2) is 38.3 Å². The summed E-state index contributed by atoms with van der Waals surface area (Å²) in [5.74, 6) is -0.478. The number of nitriles is 2. The van der Waals surface area contributed by atoms with Gasteiger partial charge in [-0.15, -0.1) is 11.3 Å². The van der Waals surface area contributed by atoms with Crippen LogP contribution in [-0.2, 0) is 7.05 Å². The smallest absolute Gasteiger partial charge is 0.320 e. The standard InChI is InChI=1S/C16H11N7O2S2/c1-23-7-13(25-22-23)20-12(24)8-27-16-10(6-18)14(11-3-2-4-26-11)9(5-17)15(19)21-16/h2-4,7H,8H2,1H3,(H2-,19,20,21,22,24). The first-order valence-electron chi connectivity index (χ1n) is 7.41. The fraction of sp³-hybridized carbons (Fsp3) is 0.125. The number of pyridine rings is 1. The van der Waals surface area contributed by atoms with Gasteiger partial charge in [0, 0.05) is 16.2 Å². The molecule has 27 heavy (non-hydrogen) atoms. The minimum atomic E-state index is -0.483. The lowest BCUT2D eigenvalue weighted by atomic mass is 10.0. The number of rotatable bonds is 5. The highest BCUT2D eigenvalue weighted by atomic mass is 32.2. The van der Waals surface area contributed by atoms with Crippen LogP contribution in [0.25, 0.3) is 10.4 Å². The van der Waals surface area contributed by atoms with Gasteiger partial charge in [0.1, 0.15) is 28.5 Å². The Balaban J connectivity index is 1.95. The molecule has 0 spiro atoms. The van der Waals surface area contributed by atoms with Gasteiger partial charge in [0.15, 0.2) is 12.3 Å². The molecular formula is C16H11N7O2S2. The number of aryl methyl sites for hydroxylation is 1. The quantitative estimate of drug-likeness (QED) is 0.291. The predicted octanol–water partition coefficient (Wildman–Crippen LogP) is 1.13. The number of anilines is 1. The number of thiophene rings is 1. The molecule has 3 heterocycles. The van der Waals surface area contributed by atoms with E-state index in [1.807, 2.05) is 17.5 Å². The second-order valence-corrected chi connectivity index (χ2v) is 7.05. The van der Waals surface area contributed by atoms with Gasteiger partial charge < -0.3 is 10.8 Å². The van der Waals surface area contributed by atoms with Gasteiger partial charge in [-0.3, -0.25) is 4.52 Å². The Morgan fingerprint density at radius 3 is 2.81 bits per heavy atom. The number of nitrogens with two attached hydrogens (primary N) is 1. The minimum Gasteiger partial charge on any atom is -0.861 e. The summed E-state index contributed by atoms with van der Waals surface area (Å²) in [4.78, 5) is 8.64. The third kappa shape index (κ3) is 3.89. The Morgan fingerprint density at radius 1 is 1.44 bits per heavy atom. The fourth-order valence-electron chi connectivity index (χ4n) is 2.22. The number of aliphatic imine (C=N–C) groups is 1. The summed E-state index contributed by atoms with van der Waals surface area (Å²) in [6.07, 6.45) is 1.45. The summed E-state index contributed by atoms with van der Waals surface area (Å²) in [7, 11) is 1.64. The van der Waals surface area contributed by atoms with Crippen LogP contribution in [0.4, 0.5) is 11.7 Å². The average Bonchev–Trinajstić information content (AvgIpc) is 3.31. The van der Waals surface area contributed by atoms with Gasteiger partial charge in [-0.25, -0.2) is 9.98 Å². The maximum atomic E-state index is 12.0. The highest BCUT2D eigenvalue weighted by molar-refractivity contribution is 8.00. The van der Waals surface area contributed by atoms with Crippen molar-refractivity contribution in [2.24, 2.45) is 12.0 Å². The van der Waals surface area contributed by atoms with Crippen molar-refractivity contribution in [1.82, 2.24) is 10.3 Å². The zero-order valence-electron chi connectivity index (χ0n) is 13.9. The SMILES string of the molecule is C[n+]1cc(/N=C(\[O-])CSc2nc(N)c(C#N)c(-c3cccs3)c2C#N)on1. The van der Waals surface area contributed by atoms with Gasteiger partial charge in [-0.1, -0.05) is 22.5 Å². The third-order valence-electron chi connectivity index (χ3n) is 3.31. The van der Waals surface area contributed by atoms with Crippen LogP contribution in [0.3, 0.4) is 0 Å². The van der Waals surface area contributed by atoms with E-state index >= 15 is 0 Å². The van der Waals surface area contributed by atoms with Crippen molar-refractivity contribution in [3.63, 3.8) is 0 Å². The van der Waals surface area contributed by atoms with E-state index in [-0.39, 0.29) is 33.6 Å². The van der Waals surface area contributed by atoms with Crippen molar-refractivity contribution in [3.05, 3.63) is 34.8 Å². The summed E-state index contributed by atoms with van der Waals surface area (Å²) in [6, 6.07) is 7.68. The van der Waals surface area contributed by atoms with Crippen molar-refractivity contribution < 1.29 is 14.3 Å². The van der Waals surface area contributed by atoms with Crippen LogP contribution < -0.4 is 15.5 Å². The molecule has 0 unspecified atom stereocenters. The maximum Gasteiger partial charge on any atom is 0.320 e. The summed E-state index contributed by atoms with van der Waals surface area (Å²) in [5, 5.41) is 36.8. The molecule has 0 atom stereocenters. The van der Waals surface area contributed by atoms with E-state index in [1.54, 1.807) is 13.1 Å². The van der Waals surface area contributed by atoms with Gasteiger partial charge >= 0.3 is 5.88 Å². The molecule has 0 aromatic carbocycles. The molecule has 0 saturated heterocycles. The Bertz CT molecular complexity index is 1090. The average molecular weight is 397 g/mol. The second kappa shape index (κ2) is 7.86. The van der Waals surface area contributed by atoms with Crippen LogP contribution >= 0.6 is 23.1 Å². The number of hydrogen-bond donors (Lipinski definition) is 1. The highest BCUT2D eigenvalue weighted by Gasteiger charge is 2.21. The third-order valence-corrected chi connectivity index (χ3v) is 5.16. The number of nitrogen functional groups attached to an aromatic ring is 1. The van der Waals surface area contributed by atoms with Crippen LogP contribution in [-0.4, -0.2) is 21.9 Å². The highest BCUT2D eigenvalue weighted by Crippen LogP contribution is 2.37. The Kier molecular flexibility index (Phi) is 5.35.